The van der Waals surface area contributed by atoms with Gasteiger partial charge in [-0.1, -0.05) is 17.7 Å². The number of benzene rings is 1. The van der Waals surface area contributed by atoms with Gasteiger partial charge in [0.25, 0.3) is 5.91 Å². The number of nitrogens with zero attached hydrogens (tertiary/aromatic N) is 1. The Morgan fingerprint density at radius 3 is 2.88 bits per heavy atom. The summed E-state index contributed by atoms with van der Waals surface area (Å²) in [6.45, 7) is 0.595. The lowest BCUT2D eigenvalue weighted by molar-refractivity contribution is -0.119. The number of hydrogen-bond donors (Lipinski definition) is 1. The molecular weight excluding hydrogens is 348 g/mol. The van der Waals surface area contributed by atoms with Gasteiger partial charge in [0.1, 0.15) is 11.8 Å². The summed E-state index contributed by atoms with van der Waals surface area (Å²) in [7, 11) is 1.53. The first-order chi connectivity index (χ1) is 11.6. The quantitative estimate of drug-likeness (QED) is 0.900. The normalized spacial score (nSPS) is 16.9. The number of ether oxygens (including phenoxy) is 1. The van der Waals surface area contributed by atoms with Crippen LogP contribution >= 0.6 is 22.9 Å². The molecule has 1 aliphatic heterocycles. The molecule has 1 N–H and O–H groups in total. The molecule has 1 fully saturated rings. The second kappa shape index (κ2) is 7.23. The number of halogens is 1. The summed E-state index contributed by atoms with van der Waals surface area (Å²) >= 11 is 7.47. The molecular formula is C17H17ClN2O3S. The number of hydrogen-bond acceptors (Lipinski definition) is 4. The fraction of sp³-hybridized carbons (Fsp3) is 0.294. The smallest absolute Gasteiger partial charge is 0.264 e. The van der Waals surface area contributed by atoms with Gasteiger partial charge >= 0.3 is 0 Å². The largest absolute Gasteiger partial charge is 0.495 e. The van der Waals surface area contributed by atoms with Crippen LogP contribution < -0.4 is 10.1 Å². The van der Waals surface area contributed by atoms with Gasteiger partial charge in [0.2, 0.25) is 5.91 Å². The van der Waals surface area contributed by atoms with E-state index in [0.29, 0.717) is 34.3 Å². The molecule has 0 radical (unpaired) electrons. The first kappa shape index (κ1) is 16.8. The standard InChI is InChI=1S/C17H17ClN2O3S/c1-23-14-7-6-11(10-12(14)18)19-16(21)13-4-2-8-20(13)17(22)15-5-3-9-24-15/h3,5-7,9-10,13H,2,4,8H2,1H3,(H,19,21)/t13-/m0/s1. The van der Waals surface area contributed by atoms with Crippen LogP contribution in [-0.2, 0) is 4.79 Å². The highest BCUT2D eigenvalue weighted by atomic mass is 35.5. The van der Waals surface area contributed by atoms with Crippen LogP contribution in [0.4, 0.5) is 5.69 Å². The van der Waals surface area contributed by atoms with Crippen LogP contribution in [0.15, 0.2) is 35.7 Å². The SMILES string of the molecule is COc1ccc(NC(=O)[C@@H]2CCCN2C(=O)c2cccs2)cc1Cl. The van der Waals surface area contributed by atoms with E-state index in [4.69, 9.17) is 16.3 Å². The van der Waals surface area contributed by atoms with E-state index in [9.17, 15) is 9.59 Å². The summed E-state index contributed by atoms with van der Waals surface area (Å²) in [4.78, 5) is 27.4. The first-order valence-corrected chi connectivity index (χ1v) is 8.85. The van der Waals surface area contributed by atoms with Crippen molar-refractivity contribution in [2.75, 3.05) is 19.0 Å². The highest BCUT2D eigenvalue weighted by molar-refractivity contribution is 7.12. The topological polar surface area (TPSA) is 58.6 Å². The predicted octanol–water partition coefficient (Wildman–Crippen LogP) is 3.65. The van der Waals surface area contributed by atoms with E-state index in [0.717, 1.165) is 6.42 Å². The molecule has 2 aromatic rings. The van der Waals surface area contributed by atoms with Crippen LogP contribution in [0.1, 0.15) is 22.5 Å². The van der Waals surface area contributed by atoms with Crippen LogP contribution in [-0.4, -0.2) is 36.4 Å². The molecule has 1 aliphatic rings. The molecule has 1 aromatic carbocycles. The maximum atomic E-state index is 12.6. The number of methoxy groups -OCH3 is 1. The number of nitrogens with one attached hydrogen (secondary N) is 1. The number of carbonyl (C=O) groups is 2. The zero-order chi connectivity index (χ0) is 17.1. The summed E-state index contributed by atoms with van der Waals surface area (Å²) in [5.41, 5.74) is 0.584. The van der Waals surface area contributed by atoms with Crippen molar-refractivity contribution < 1.29 is 14.3 Å². The highest BCUT2D eigenvalue weighted by Gasteiger charge is 2.34. The number of rotatable bonds is 4. The van der Waals surface area contributed by atoms with Crippen molar-refractivity contribution in [3.8, 4) is 5.75 Å². The lowest BCUT2D eigenvalue weighted by atomic mass is 10.2. The van der Waals surface area contributed by atoms with E-state index in [2.05, 4.69) is 5.32 Å². The van der Waals surface area contributed by atoms with Gasteiger partial charge in [-0.15, -0.1) is 11.3 Å². The highest BCUT2D eigenvalue weighted by Crippen LogP contribution is 2.28. The molecule has 0 unspecified atom stereocenters. The molecule has 5 nitrogen and oxygen atoms in total. The van der Waals surface area contributed by atoms with E-state index in [1.54, 1.807) is 29.2 Å². The maximum Gasteiger partial charge on any atom is 0.264 e. The summed E-state index contributed by atoms with van der Waals surface area (Å²) in [5.74, 6) is 0.263. The molecule has 7 heteroatoms. The van der Waals surface area contributed by atoms with Crippen molar-refractivity contribution >= 4 is 40.4 Å². The number of anilines is 1. The van der Waals surface area contributed by atoms with E-state index >= 15 is 0 Å². The fourth-order valence-corrected chi connectivity index (χ4v) is 3.73. The molecule has 0 bridgehead atoms. The van der Waals surface area contributed by atoms with Gasteiger partial charge in [0.15, 0.2) is 0 Å². The third kappa shape index (κ3) is 3.39. The predicted molar refractivity (Wildman–Crippen MR) is 95.0 cm³/mol. The van der Waals surface area contributed by atoms with Crippen molar-refractivity contribution in [1.29, 1.82) is 0 Å². The average molecular weight is 365 g/mol. The van der Waals surface area contributed by atoms with Crippen LogP contribution in [0.25, 0.3) is 0 Å². The minimum atomic E-state index is -0.458. The molecule has 1 atom stereocenters. The lowest BCUT2D eigenvalue weighted by Crippen LogP contribution is -2.42. The number of likely N-dealkylation sites (tertiary alicyclic amines) is 1. The Labute approximate surface area is 149 Å². The zero-order valence-corrected chi connectivity index (χ0v) is 14.7. The molecule has 1 aromatic heterocycles. The van der Waals surface area contributed by atoms with E-state index < -0.39 is 6.04 Å². The van der Waals surface area contributed by atoms with Crippen LogP contribution in [0.2, 0.25) is 5.02 Å². The summed E-state index contributed by atoms with van der Waals surface area (Å²) in [5, 5.41) is 5.12. The first-order valence-electron chi connectivity index (χ1n) is 7.59. The Hall–Kier alpha value is -2.05. The van der Waals surface area contributed by atoms with Gasteiger partial charge in [-0.3, -0.25) is 9.59 Å². The Balaban J connectivity index is 1.72. The van der Waals surface area contributed by atoms with Crippen molar-refractivity contribution in [1.82, 2.24) is 4.90 Å². The van der Waals surface area contributed by atoms with Gasteiger partial charge in [0.05, 0.1) is 17.0 Å². The van der Waals surface area contributed by atoms with Crippen LogP contribution in [0, 0.1) is 0 Å². The molecule has 24 heavy (non-hydrogen) atoms. The van der Waals surface area contributed by atoms with Crippen molar-refractivity contribution in [2.24, 2.45) is 0 Å². The third-order valence-corrected chi connectivity index (χ3v) is 5.12. The monoisotopic (exact) mass is 364 g/mol. The molecule has 2 amide bonds. The Morgan fingerprint density at radius 2 is 2.21 bits per heavy atom. The van der Waals surface area contributed by atoms with Crippen LogP contribution in [0.3, 0.4) is 0 Å². The number of thiophene rings is 1. The Kier molecular flexibility index (Phi) is 5.06. The van der Waals surface area contributed by atoms with Gasteiger partial charge in [-0.05, 0) is 42.5 Å². The molecule has 3 rings (SSSR count). The van der Waals surface area contributed by atoms with Crippen LogP contribution in [0.5, 0.6) is 5.75 Å². The summed E-state index contributed by atoms with van der Waals surface area (Å²) in [6, 6.07) is 8.22. The third-order valence-electron chi connectivity index (χ3n) is 3.97. The Morgan fingerprint density at radius 1 is 1.38 bits per heavy atom. The zero-order valence-electron chi connectivity index (χ0n) is 13.1. The fourth-order valence-electron chi connectivity index (χ4n) is 2.79. The summed E-state index contributed by atoms with van der Waals surface area (Å²) in [6.07, 6.45) is 1.48. The average Bonchev–Trinajstić information content (AvgIpc) is 3.26. The maximum absolute atomic E-state index is 12.6. The van der Waals surface area contributed by atoms with Gasteiger partial charge in [-0.25, -0.2) is 0 Å². The van der Waals surface area contributed by atoms with Gasteiger partial charge < -0.3 is 15.0 Å². The van der Waals surface area contributed by atoms with Crippen molar-refractivity contribution in [2.45, 2.75) is 18.9 Å². The van der Waals surface area contributed by atoms with E-state index in [-0.39, 0.29) is 11.8 Å². The second-order valence-corrected chi connectivity index (χ2v) is 6.83. The van der Waals surface area contributed by atoms with Gasteiger partial charge in [0, 0.05) is 12.2 Å². The minimum absolute atomic E-state index is 0.0876. The lowest BCUT2D eigenvalue weighted by Gasteiger charge is -2.23. The van der Waals surface area contributed by atoms with Gasteiger partial charge in [-0.2, -0.15) is 0 Å². The van der Waals surface area contributed by atoms with E-state index in [1.807, 2.05) is 11.4 Å². The Bertz CT molecular complexity index is 748. The van der Waals surface area contributed by atoms with Crippen molar-refractivity contribution in [3.05, 3.63) is 45.6 Å². The molecule has 0 aliphatic carbocycles. The molecule has 0 spiro atoms. The summed E-state index contributed by atoms with van der Waals surface area (Å²) < 4.78 is 5.10. The number of carbonyl (C=O) groups excluding carboxylic acids is 2. The molecule has 1 saturated heterocycles. The second-order valence-electron chi connectivity index (χ2n) is 5.47. The van der Waals surface area contributed by atoms with E-state index in [1.165, 1.54) is 18.4 Å². The minimum Gasteiger partial charge on any atom is -0.495 e. The molecule has 0 saturated carbocycles. The number of amides is 2. The van der Waals surface area contributed by atoms with Crippen molar-refractivity contribution in [3.63, 3.8) is 0 Å². The molecule has 2 heterocycles. The molecule has 126 valence electrons.